The number of carbonyl (C=O) groups is 2. The Bertz CT molecular complexity index is 616. The topological polar surface area (TPSA) is 99.5 Å². The summed E-state index contributed by atoms with van der Waals surface area (Å²) in [6.07, 6.45) is 0. The van der Waals surface area contributed by atoms with E-state index in [-0.39, 0.29) is 0 Å². The minimum absolute atomic E-state index is 0.450. The van der Waals surface area contributed by atoms with Gasteiger partial charge in [-0.25, -0.2) is 9.59 Å². The Morgan fingerprint density at radius 2 is 1.54 bits per heavy atom. The number of aryl methyl sites for hydroxylation is 1. The van der Waals surface area contributed by atoms with Crippen molar-refractivity contribution in [2.24, 2.45) is 0 Å². The zero-order valence-electron chi connectivity index (χ0n) is 16.0. The molecule has 8 nitrogen and oxygen atoms in total. The van der Waals surface area contributed by atoms with Crippen molar-refractivity contribution >= 4 is 35.1 Å². The van der Waals surface area contributed by atoms with Crippen LogP contribution >= 0.6 is 23.2 Å². The summed E-state index contributed by atoms with van der Waals surface area (Å²) in [6.45, 7) is 9.13. The van der Waals surface area contributed by atoms with E-state index < -0.39 is 11.9 Å². The first-order valence-electron chi connectivity index (χ1n) is 8.74. The van der Waals surface area contributed by atoms with Gasteiger partial charge in [0.1, 0.15) is 6.61 Å². The normalized spacial score (nSPS) is 14.9. The first-order valence-corrected chi connectivity index (χ1v) is 9.49. The molecule has 0 aliphatic carbocycles. The van der Waals surface area contributed by atoms with Crippen molar-refractivity contribution in [2.75, 3.05) is 59.6 Å². The standard InChI is InChI=1S/C16H24Cl2N2O2.C2H2O4/c1-13-11-14(17)16(15(18)12-13)22-10-9-21-8-7-20-5-3-19(2)4-6-20;3-1(4)2(5)6/h11-12H,3-10H2,1-2H3;(H,3,4)(H,5,6). The molecule has 0 bridgehead atoms. The van der Waals surface area contributed by atoms with Gasteiger partial charge in [0, 0.05) is 32.7 Å². The maximum Gasteiger partial charge on any atom is 0.414 e. The number of ether oxygens (including phenoxy) is 2. The molecule has 1 aliphatic heterocycles. The Morgan fingerprint density at radius 3 is 2.04 bits per heavy atom. The Labute approximate surface area is 174 Å². The molecule has 1 saturated heterocycles. The highest BCUT2D eigenvalue weighted by atomic mass is 35.5. The van der Waals surface area contributed by atoms with E-state index in [1.165, 1.54) is 0 Å². The van der Waals surface area contributed by atoms with E-state index in [0.717, 1.165) is 44.9 Å². The van der Waals surface area contributed by atoms with Gasteiger partial charge in [-0.05, 0) is 31.7 Å². The van der Waals surface area contributed by atoms with Crippen LogP contribution in [0.2, 0.25) is 10.0 Å². The third-order valence-corrected chi connectivity index (χ3v) is 4.51. The second-order valence-electron chi connectivity index (χ2n) is 6.27. The number of benzene rings is 1. The minimum Gasteiger partial charge on any atom is -0.488 e. The molecule has 2 N–H and O–H groups in total. The minimum atomic E-state index is -1.82. The number of piperazine rings is 1. The third kappa shape index (κ3) is 9.57. The van der Waals surface area contributed by atoms with E-state index in [0.29, 0.717) is 29.0 Å². The molecule has 0 spiro atoms. The maximum atomic E-state index is 9.10. The summed E-state index contributed by atoms with van der Waals surface area (Å²) < 4.78 is 11.2. The number of hydrogen-bond donors (Lipinski definition) is 2. The van der Waals surface area contributed by atoms with Crippen molar-refractivity contribution in [3.63, 3.8) is 0 Å². The number of aliphatic carboxylic acids is 2. The molecule has 0 aromatic heterocycles. The molecule has 1 aromatic carbocycles. The smallest absolute Gasteiger partial charge is 0.414 e. The molecule has 0 atom stereocenters. The van der Waals surface area contributed by atoms with Gasteiger partial charge in [0.15, 0.2) is 5.75 Å². The van der Waals surface area contributed by atoms with Crippen molar-refractivity contribution < 1.29 is 29.3 Å². The molecular formula is C18H26Cl2N2O6. The quantitative estimate of drug-likeness (QED) is 0.494. The number of rotatable bonds is 7. The monoisotopic (exact) mass is 436 g/mol. The van der Waals surface area contributed by atoms with Crippen LogP contribution in [0, 0.1) is 6.92 Å². The molecule has 2 rings (SSSR count). The predicted molar refractivity (Wildman–Crippen MR) is 107 cm³/mol. The zero-order valence-corrected chi connectivity index (χ0v) is 17.5. The molecule has 158 valence electrons. The molecular weight excluding hydrogens is 411 g/mol. The molecule has 1 fully saturated rings. The van der Waals surface area contributed by atoms with Gasteiger partial charge < -0.3 is 24.6 Å². The van der Waals surface area contributed by atoms with Crippen LogP contribution in [-0.2, 0) is 14.3 Å². The Hall–Kier alpha value is -1.58. The van der Waals surface area contributed by atoms with E-state index >= 15 is 0 Å². The lowest BCUT2D eigenvalue weighted by Gasteiger charge is -2.32. The molecule has 0 radical (unpaired) electrons. The van der Waals surface area contributed by atoms with Gasteiger partial charge >= 0.3 is 11.9 Å². The highest BCUT2D eigenvalue weighted by Crippen LogP contribution is 2.33. The molecule has 0 unspecified atom stereocenters. The molecule has 1 heterocycles. The number of carboxylic acids is 2. The Kier molecular flexibility index (Phi) is 11.2. The van der Waals surface area contributed by atoms with Crippen LogP contribution in [0.1, 0.15) is 5.56 Å². The maximum absolute atomic E-state index is 9.10. The van der Waals surface area contributed by atoms with Crippen molar-refractivity contribution in [3.05, 3.63) is 27.7 Å². The van der Waals surface area contributed by atoms with Crippen LogP contribution in [0.4, 0.5) is 0 Å². The number of nitrogens with zero attached hydrogens (tertiary/aromatic N) is 2. The summed E-state index contributed by atoms with van der Waals surface area (Å²) in [5.41, 5.74) is 1.02. The summed E-state index contributed by atoms with van der Waals surface area (Å²) in [5, 5.41) is 15.9. The van der Waals surface area contributed by atoms with Crippen LogP contribution in [-0.4, -0.2) is 91.5 Å². The van der Waals surface area contributed by atoms with E-state index in [4.69, 9.17) is 52.5 Å². The van der Waals surface area contributed by atoms with Crippen LogP contribution < -0.4 is 4.74 Å². The van der Waals surface area contributed by atoms with Gasteiger partial charge in [0.05, 0.1) is 23.3 Å². The highest BCUT2D eigenvalue weighted by Gasteiger charge is 2.13. The average molecular weight is 437 g/mol. The molecule has 10 heteroatoms. The van der Waals surface area contributed by atoms with Crippen molar-refractivity contribution in [1.82, 2.24) is 9.80 Å². The lowest BCUT2D eigenvalue weighted by Crippen LogP contribution is -2.45. The van der Waals surface area contributed by atoms with Gasteiger partial charge in [-0.15, -0.1) is 0 Å². The first-order chi connectivity index (χ1) is 13.2. The second-order valence-corrected chi connectivity index (χ2v) is 7.09. The highest BCUT2D eigenvalue weighted by molar-refractivity contribution is 6.37. The van der Waals surface area contributed by atoms with Crippen LogP contribution in [0.5, 0.6) is 5.75 Å². The van der Waals surface area contributed by atoms with Gasteiger partial charge in [-0.1, -0.05) is 23.2 Å². The van der Waals surface area contributed by atoms with Gasteiger partial charge in [-0.2, -0.15) is 0 Å². The fraction of sp³-hybridized carbons (Fsp3) is 0.556. The molecule has 0 saturated carbocycles. The fourth-order valence-corrected chi connectivity index (χ4v) is 3.10. The van der Waals surface area contributed by atoms with Crippen molar-refractivity contribution in [3.8, 4) is 5.75 Å². The molecule has 0 amide bonds. The Balaban J connectivity index is 0.000000568. The predicted octanol–water partition coefficient (Wildman–Crippen LogP) is 2.10. The first kappa shape index (κ1) is 24.5. The third-order valence-electron chi connectivity index (χ3n) is 3.95. The van der Waals surface area contributed by atoms with Crippen molar-refractivity contribution in [1.29, 1.82) is 0 Å². The second kappa shape index (κ2) is 12.8. The molecule has 1 aromatic rings. The van der Waals surface area contributed by atoms with Crippen LogP contribution in [0.3, 0.4) is 0 Å². The molecule has 28 heavy (non-hydrogen) atoms. The van der Waals surface area contributed by atoms with Gasteiger partial charge in [0.25, 0.3) is 0 Å². The van der Waals surface area contributed by atoms with E-state index in [1.807, 2.05) is 19.1 Å². The van der Waals surface area contributed by atoms with E-state index in [1.54, 1.807) is 0 Å². The molecule has 1 aliphatic rings. The summed E-state index contributed by atoms with van der Waals surface area (Å²) in [6, 6.07) is 3.69. The van der Waals surface area contributed by atoms with E-state index in [2.05, 4.69) is 16.8 Å². The summed E-state index contributed by atoms with van der Waals surface area (Å²) in [4.78, 5) is 23.0. The van der Waals surface area contributed by atoms with Gasteiger partial charge in [-0.3, -0.25) is 4.90 Å². The van der Waals surface area contributed by atoms with Crippen molar-refractivity contribution in [2.45, 2.75) is 6.92 Å². The van der Waals surface area contributed by atoms with Crippen LogP contribution in [0.15, 0.2) is 12.1 Å². The lowest BCUT2D eigenvalue weighted by molar-refractivity contribution is -0.159. The largest absolute Gasteiger partial charge is 0.488 e. The average Bonchev–Trinajstić information content (AvgIpc) is 2.61. The van der Waals surface area contributed by atoms with E-state index in [9.17, 15) is 0 Å². The number of hydrogen-bond acceptors (Lipinski definition) is 6. The zero-order chi connectivity index (χ0) is 21.1. The van der Waals surface area contributed by atoms with Crippen LogP contribution in [0.25, 0.3) is 0 Å². The Morgan fingerprint density at radius 1 is 1.00 bits per heavy atom. The number of likely N-dealkylation sites (N-methyl/N-ethyl adjacent to an activating group) is 1. The summed E-state index contributed by atoms with van der Waals surface area (Å²) >= 11 is 12.3. The number of carboxylic acid groups (broad SMARTS) is 2. The fourth-order valence-electron chi connectivity index (χ4n) is 2.39. The summed E-state index contributed by atoms with van der Waals surface area (Å²) in [7, 11) is 2.16. The number of halogens is 2. The SMILES string of the molecule is Cc1cc(Cl)c(OCCOCCN2CCN(C)CC2)c(Cl)c1.O=C(O)C(=O)O. The van der Waals surface area contributed by atoms with Gasteiger partial charge in [0.2, 0.25) is 0 Å². The lowest BCUT2D eigenvalue weighted by atomic mass is 10.2. The summed E-state index contributed by atoms with van der Waals surface area (Å²) in [5.74, 6) is -3.11.